The number of aliphatic carboxylic acids is 5. The van der Waals surface area contributed by atoms with Gasteiger partial charge in [0.2, 0.25) is 0 Å². The number of carboxylic acid groups (broad SMARTS) is 5. The fourth-order valence-electron chi connectivity index (χ4n) is 2.18. The maximum Gasteiger partial charge on any atom is 3.00 e. The minimum atomic E-state index is -1.54. The van der Waals surface area contributed by atoms with Gasteiger partial charge in [-0.05, 0) is 0 Å². The molecule has 0 fully saturated rings. The van der Waals surface area contributed by atoms with Gasteiger partial charge in [0.05, 0.1) is 29.8 Å². The van der Waals surface area contributed by atoms with Gasteiger partial charge in [0.15, 0.2) is 0 Å². The second-order valence-corrected chi connectivity index (χ2v) is 5.56. The van der Waals surface area contributed by atoms with Crippen molar-refractivity contribution in [3.8, 4) is 0 Å². The first kappa shape index (κ1) is 37.8. The fourth-order valence-corrected chi connectivity index (χ4v) is 2.18. The summed E-state index contributed by atoms with van der Waals surface area (Å²) in [5.74, 6) is -7.67. The Balaban J connectivity index is -0.00000113. The Bertz CT molecular complexity index is 498. The van der Waals surface area contributed by atoms with Crippen LogP contribution in [0.3, 0.4) is 0 Å². The van der Waals surface area contributed by atoms with E-state index in [-0.39, 0.29) is 125 Å². The summed E-state index contributed by atoms with van der Waals surface area (Å²) in [6, 6.07) is 0. The number of hydrogen-bond acceptors (Lipinski definition) is 13. The van der Waals surface area contributed by atoms with Gasteiger partial charge in [0, 0.05) is 58.9 Å². The van der Waals surface area contributed by atoms with E-state index in [1.165, 1.54) is 4.90 Å². The molecule has 0 aromatic carbocycles. The monoisotopic (exact) mass is 592 g/mol. The second-order valence-electron chi connectivity index (χ2n) is 5.56. The fraction of sp³-hybridized carbons (Fsp3) is 0.643. The van der Waals surface area contributed by atoms with Crippen molar-refractivity contribution < 1.29 is 149 Å². The first-order valence-electron chi connectivity index (χ1n) is 7.66. The Morgan fingerprint density at radius 1 is 0.433 bits per heavy atom. The Labute approximate surface area is 249 Å². The minimum Gasteiger partial charge on any atom is -0.549 e. The third-order valence-electron chi connectivity index (χ3n) is 3.23. The van der Waals surface area contributed by atoms with Crippen LogP contribution in [0.1, 0.15) is 0 Å². The number of hydrogen-bond donors (Lipinski definition) is 0. The van der Waals surface area contributed by atoms with E-state index >= 15 is 0 Å². The quantitative estimate of drug-likeness (QED) is 0.153. The zero-order valence-corrected chi connectivity index (χ0v) is 22.9. The van der Waals surface area contributed by atoms with Crippen molar-refractivity contribution in [1.82, 2.24) is 14.7 Å². The molecule has 0 aromatic heterocycles. The van der Waals surface area contributed by atoms with Crippen molar-refractivity contribution >= 4 is 29.8 Å². The summed E-state index contributed by atoms with van der Waals surface area (Å²) in [5.41, 5.74) is 0. The molecule has 0 unspecified atom stereocenters. The van der Waals surface area contributed by atoms with Gasteiger partial charge in [-0.1, -0.05) is 0 Å². The summed E-state index contributed by atoms with van der Waals surface area (Å²) in [5, 5.41) is 53.3. The minimum absolute atomic E-state index is 0. The molecule has 0 atom stereocenters. The Kier molecular flexibility index (Phi) is 27.0. The van der Waals surface area contributed by atoms with Crippen molar-refractivity contribution in [1.29, 1.82) is 0 Å². The zero-order valence-electron chi connectivity index (χ0n) is 16.6. The van der Waals surface area contributed by atoms with Crippen LogP contribution in [0.15, 0.2) is 0 Å². The molecule has 13 nitrogen and oxygen atoms in total. The summed E-state index contributed by atoms with van der Waals surface area (Å²) in [7, 11) is 0. The topological polar surface area (TPSA) is 210 Å². The van der Waals surface area contributed by atoms with E-state index in [0.717, 1.165) is 9.80 Å². The predicted octanol–water partition coefficient (Wildman–Crippen LogP) is -15.4. The van der Waals surface area contributed by atoms with Crippen LogP contribution in [-0.2, 0) is 24.0 Å². The molecule has 16 heteroatoms. The van der Waals surface area contributed by atoms with Gasteiger partial charge < -0.3 is 49.5 Å². The van der Waals surface area contributed by atoms with Crippen molar-refractivity contribution in [2.24, 2.45) is 0 Å². The van der Waals surface area contributed by atoms with E-state index in [1.807, 2.05) is 0 Å². The molecule has 0 aliphatic carbocycles. The maximum atomic E-state index is 10.8. The molecule has 0 heterocycles. The molecule has 0 aliphatic rings. The molecule has 30 heavy (non-hydrogen) atoms. The van der Waals surface area contributed by atoms with E-state index in [4.69, 9.17) is 0 Å². The molecule has 159 valence electrons. The molecular formula is C14H18GdN3Na2O10. The number of carbonyl (C=O) groups is 5. The van der Waals surface area contributed by atoms with Gasteiger partial charge >= 0.3 is 99.1 Å². The van der Waals surface area contributed by atoms with E-state index in [2.05, 4.69) is 0 Å². The molecule has 0 aliphatic heterocycles. The van der Waals surface area contributed by atoms with Crippen LogP contribution in [0.25, 0.3) is 0 Å². The third-order valence-corrected chi connectivity index (χ3v) is 3.23. The third kappa shape index (κ3) is 23.2. The molecule has 0 bridgehead atoms. The van der Waals surface area contributed by atoms with Gasteiger partial charge in [-0.3, -0.25) is 14.7 Å². The first-order chi connectivity index (χ1) is 12.5. The van der Waals surface area contributed by atoms with Gasteiger partial charge in [-0.25, -0.2) is 0 Å². The van der Waals surface area contributed by atoms with Gasteiger partial charge in [-0.15, -0.1) is 0 Å². The maximum absolute atomic E-state index is 10.8. The molecule has 0 saturated carbocycles. The Hall–Kier alpha value is 0.555. The van der Waals surface area contributed by atoms with E-state index in [0.29, 0.717) is 0 Å². The molecule has 0 amide bonds. The van der Waals surface area contributed by atoms with Crippen LogP contribution in [0.5, 0.6) is 0 Å². The second kappa shape index (κ2) is 21.4. The van der Waals surface area contributed by atoms with Crippen LogP contribution in [-0.4, -0.2) is 103 Å². The SMILES string of the molecule is O=C([O-])CN(CCN(CC(=O)[O-])CC(=O)[O-])CCN(CC(=O)[O-])CC(=O)[O-].[Gd+3].[Na+].[Na+]. The van der Waals surface area contributed by atoms with Crippen molar-refractivity contribution in [3.63, 3.8) is 0 Å². The van der Waals surface area contributed by atoms with Crippen LogP contribution < -0.4 is 84.6 Å². The number of rotatable bonds is 16. The van der Waals surface area contributed by atoms with Crippen molar-refractivity contribution in [2.75, 3.05) is 58.9 Å². The first-order valence-corrected chi connectivity index (χ1v) is 7.66. The Morgan fingerprint density at radius 2 is 0.600 bits per heavy atom. The standard InChI is InChI=1S/C14H23N3O10.Gd.2Na/c18-10(19)5-15(1-3-16(6-11(20)21)7-12(22)23)2-4-17(8-13(24)25)9-14(26)27;;;/h1-9H2,(H,18,19)(H,20,21)(H,22,23)(H,24,25)(H,26,27);;;/q;+3;2*+1/p-5. The average Bonchev–Trinajstić information content (AvgIpc) is 2.46. The number of carbonyl (C=O) groups excluding carboxylic acids is 5. The molecule has 0 saturated heterocycles. The van der Waals surface area contributed by atoms with Crippen LogP contribution in [0.2, 0.25) is 0 Å². The average molecular weight is 592 g/mol. The van der Waals surface area contributed by atoms with Crippen LogP contribution in [0, 0.1) is 39.9 Å². The summed E-state index contributed by atoms with van der Waals surface area (Å²) in [6.07, 6.45) is 0. The summed E-state index contributed by atoms with van der Waals surface area (Å²) in [4.78, 5) is 56.4. The van der Waals surface area contributed by atoms with Gasteiger partial charge in [-0.2, -0.15) is 0 Å². The molecular weight excluding hydrogens is 573 g/mol. The van der Waals surface area contributed by atoms with Crippen molar-refractivity contribution in [3.05, 3.63) is 0 Å². The van der Waals surface area contributed by atoms with Crippen LogP contribution >= 0.6 is 0 Å². The molecule has 0 spiro atoms. The van der Waals surface area contributed by atoms with Crippen molar-refractivity contribution in [2.45, 2.75) is 0 Å². The largest absolute Gasteiger partial charge is 3.00 e. The molecule has 0 N–H and O–H groups in total. The summed E-state index contributed by atoms with van der Waals surface area (Å²) >= 11 is 0. The number of nitrogens with zero attached hydrogens (tertiary/aromatic N) is 3. The smallest absolute Gasteiger partial charge is 0.549 e. The van der Waals surface area contributed by atoms with E-state index in [9.17, 15) is 49.5 Å². The summed E-state index contributed by atoms with van der Waals surface area (Å²) in [6.45, 7) is -4.16. The Morgan fingerprint density at radius 3 is 0.800 bits per heavy atom. The molecule has 0 aromatic rings. The summed E-state index contributed by atoms with van der Waals surface area (Å²) < 4.78 is 0. The van der Waals surface area contributed by atoms with Crippen LogP contribution in [0.4, 0.5) is 0 Å². The normalized spacial score (nSPS) is 9.97. The van der Waals surface area contributed by atoms with E-state index in [1.54, 1.807) is 0 Å². The molecule has 1 radical (unpaired) electrons. The molecule has 0 rings (SSSR count). The number of carboxylic acids is 5. The predicted molar refractivity (Wildman–Crippen MR) is 74.4 cm³/mol. The van der Waals surface area contributed by atoms with E-state index < -0.39 is 62.6 Å². The van der Waals surface area contributed by atoms with Gasteiger partial charge in [0.1, 0.15) is 0 Å². The zero-order chi connectivity index (χ0) is 21.0. The van der Waals surface area contributed by atoms with Gasteiger partial charge in [0.25, 0.3) is 0 Å².